The first kappa shape index (κ1) is 15.2. The molecule has 0 aliphatic heterocycles. The van der Waals surface area contributed by atoms with E-state index in [1.807, 2.05) is 47.8 Å². The molecule has 0 saturated heterocycles. The largest absolute Gasteiger partial charge is 0.332 e. The third-order valence-electron chi connectivity index (χ3n) is 3.45. The minimum atomic E-state index is -0.117. The zero-order valence-corrected chi connectivity index (χ0v) is 13.6. The molecule has 0 unspecified atom stereocenters. The zero-order chi connectivity index (χ0) is 16.1. The zero-order valence-electron chi connectivity index (χ0n) is 12.7. The molecule has 0 aliphatic rings. The molecule has 3 rings (SSSR count). The van der Waals surface area contributed by atoms with Crippen LogP contribution in [-0.2, 0) is 6.42 Å². The van der Waals surface area contributed by atoms with Gasteiger partial charge in [0.05, 0.1) is 0 Å². The summed E-state index contributed by atoms with van der Waals surface area (Å²) in [5, 5.41) is 8.88. The number of carbonyl (C=O) groups is 1. The minimum absolute atomic E-state index is 0.117. The van der Waals surface area contributed by atoms with Gasteiger partial charge in [0.2, 0.25) is 0 Å². The number of anilines is 3. The molecule has 0 saturated carbocycles. The van der Waals surface area contributed by atoms with Crippen LogP contribution in [0.4, 0.5) is 16.5 Å². The summed E-state index contributed by atoms with van der Waals surface area (Å²) in [6, 6.07) is 15.3. The molecule has 1 aromatic heterocycles. The maximum atomic E-state index is 12.5. The number of nitrogens with one attached hydrogen (secondary N) is 2. The highest BCUT2D eigenvalue weighted by atomic mass is 32.1. The van der Waals surface area contributed by atoms with Crippen LogP contribution in [0.3, 0.4) is 0 Å². The van der Waals surface area contributed by atoms with Crippen molar-refractivity contribution in [2.75, 3.05) is 10.6 Å². The smallest absolute Gasteiger partial charge is 0.255 e. The molecule has 116 valence electrons. The molecule has 0 fully saturated rings. The van der Waals surface area contributed by atoms with E-state index < -0.39 is 0 Å². The molecule has 2 aromatic carbocycles. The van der Waals surface area contributed by atoms with Gasteiger partial charge in [0, 0.05) is 28.5 Å². The Morgan fingerprint density at radius 3 is 2.83 bits per heavy atom. The average molecular weight is 323 g/mol. The van der Waals surface area contributed by atoms with Crippen molar-refractivity contribution in [2.45, 2.75) is 13.3 Å². The Morgan fingerprint density at radius 2 is 2.04 bits per heavy atom. The summed E-state index contributed by atoms with van der Waals surface area (Å²) in [5.74, 6) is -0.117. The number of thiazole rings is 1. The second kappa shape index (κ2) is 7.07. The van der Waals surface area contributed by atoms with Crippen LogP contribution in [0.5, 0.6) is 0 Å². The molecule has 0 radical (unpaired) electrons. The number of hydrogen-bond donors (Lipinski definition) is 2. The number of amides is 1. The lowest BCUT2D eigenvalue weighted by Gasteiger charge is -2.10. The molecule has 0 atom stereocenters. The van der Waals surface area contributed by atoms with E-state index in [4.69, 9.17) is 0 Å². The SMILES string of the molecule is CCc1ccccc1NC(=O)c1cccc(Nc2nccs2)c1. The lowest BCUT2D eigenvalue weighted by atomic mass is 10.1. The van der Waals surface area contributed by atoms with Crippen LogP contribution in [-0.4, -0.2) is 10.9 Å². The summed E-state index contributed by atoms with van der Waals surface area (Å²) in [4.78, 5) is 16.7. The van der Waals surface area contributed by atoms with Crippen molar-refractivity contribution in [1.29, 1.82) is 0 Å². The number of para-hydroxylation sites is 1. The highest BCUT2D eigenvalue weighted by molar-refractivity contribution is 7.13. The predicted molar refractivity (Wildman–Crippen MR) is 95.6 cm³/mol. The van der Waals surface area contributed by atoms with E-state index in [-0.39, 0.29) is 5.91 Å². The summed E-state index contributed by atoms with van der Waals surface area (Å²) in [7, 11) is 0. The second-order valence-corrected chi connectivity index (χ2v) is 5.90. The summed E-state index contributed by atoms with van der Waals surface area (Å²) < 4.78 is 0. The van der Waals surface area contributed by atoms with Gasteiger partial charge in [-0.1, -0.05) is 31.2 Å². The number of rotatable bonds is 5. The molecule has 1 amide bonds. The van der Waals surface area contributed by atoms with E-state index in [0.29, 0.717) is 5.56 Å². The Morgan fingerprint density at radius 1 is 1.17 bits per heavy atom. The minimum Gasteiger partial charge on any atom is -0.332 e. The molecule has 3 aromatic rings. The van der Waals surface area contributed by atoms with Gasteiger partial charge >= 0.3 is 0 Å². The van der Waals surface area contributed by atoms with Crippen molar-refractivity contribution in [3.8, 4) is 0 Å². The van der Waals surface area contributed by atoms with E-state index in [9.17, 15) is 4.79 Å². The van der Waals surface area contributed by atoms with E-state index >= 15 is 0 Å². The monoisotopic (exact) mass is 323 g/mol. The standard InChI is InChI=1S/C18H17N3OS/c1-2-13-6-3-4-9-16(13)21-17(22)14-7-5-8-15(12-14)20-18-19-10-11-23-18/h3-12H,2H2,1H3,(H,19,20)(H,21,22). The fourth-order valence-corrected chi connectivity index (χ4v) is 2.84. The molecule has 0 spiro atoms. The topological polar surface area (TPSA) is 54.0 Å². The Hall–Kier alpha value is -2.66. The number of nitrogens with zero attached hydrogens (tertiary/aromatic N) is 1. The molecule has 5 heteroatoms. The summed E-state index contributed by atoms with van der Waals surface area (Å²) in [5.41, 5.74) is 3.44. The van der Waals surface area contributed by atoms with E-state index in [0.717, 1.165) is 28.5 Å². The van der Waals surface area contributed by atoms with Crippen LogP contribution in [0, 0.1) is 0 Å². The molecule has 2 N–H and O–H groups in total. The van der Waals surface area contributed by atoms with Crippen LogP contribution < -0.4 is 10.6 Å². The molecule has 0 bridgehead atoms. The van der Waals surface area contributed by atoms with Crippen molar-refractivity contribution in [3.63, 3.8) is 0 Å². The number of carbonyl (C=O) groups excluding carboxylic acids is 1. The third kappa shape index (κ3) is 3.76. The number of benzene rings is 2. The van der Waals surface area contributed by atoms with Crippen LogP contribution in [0.25, 0.3) is 0 Å². The van der Waals surface area contributed by atoms with Crippen molar-refractivity contribution < 1.29 is 4.79 Å². The van der Waals surface area contributed by atoms with Crippen molar-refractivity contribution in [3.05, 3.63) is 71.2 Å². The first-order valence-corrected chi connectivity index (χ1v) is 8.30. The van der Waals surface area contributed by atoms with E-state index in [2.05, 4.69) is 22.5 Å². The Bertz CT molecular complexity index is 800. The Balaban J connectivity index is 1.77. The predicted octanol–water partition coefficient (Wildman–Crippen LogP) is 4.70. The fraction of sp³-hybridized carbons (Fsp3) is 0.111. The van der Waals surface area contributed by atoms with Crippen molar-refractivity contribution >= 4 is 33.8 Å². The van der Waals surface area contributed by atoms with Gasteiger partial charge < -0.3 is 10.6 Å². The van der Waals surface area contributed by atoms with Gasteiger partial charge in [0.25, 0.3) is 5.91 Å². The van der Waals surface area contributed by atoms with Crippen LogP contribution in [0.1, 0.15) is 22.8 Å². The fourth-order valence-electron chi connectivity index (χ4n) is 2.29. The Kier molecular flexibility index (Phi) is 4.68. The normalized spacial score (nSPS) is 10.3. The number of aromatic nitrogens is 1. The first-order chi connectivity index (χ1) is 11.3. The van der Waals surface area contributed by atoms with Crippen molar-refractivity contribution in [2.24, 2.45) is 0 Å². The highest BCUT2D eigenvalue weighted by Crippen LogP contribution is 2.21. The molecule has 0 aliphatic carbocycles. The molecular formula is C18H17N3OS. The lowest BCUT2D eigenvalue weighted by Crippen LogP contribution is -2.13. The molecule has 4 nitrogen and oxygen atoms in total. The van der Waals surface area contributed by atoms with Crippen LogP contribution in [0.2, 0.25) is 0 Å². The van der Waals surface area contributed by atoms with Crippen LogP contribution >= 0.6 is 11.3 Å². The third-order valence-corrected chi connectivity index (χ3v) is 4.14. The van der Waals surface area contributed by atoms with Gasteiger partial charge in [-0.05, 0) is 36.2 Å². The van der Waals surface area contributed by atoms with E-state index in [1.165, 1.54) is 11.3 Å². The highest BCUT2D eigenvalue weighted by Gasteiger charge is 2.09. The van der Waals surface area contributed by atoms with Gasteiger partial charge in [0.1, 0.15) is 0 Å². The summed E-state index contributed by atoms with van der Waals surface area (Å²) >= 11 is 1.52. The molecular weight excluding hydrogens is 306 g/mol. The van der Waals surface area contributed by atoms with Gasteiger partial charge in [-0.15, -0.1) is 11.3 Å². The Labute approximate surface area is 139 Å². The number of aryl methyl sites for hydroxylation is 1. The quantitative estimate of drug-likeness (QED) is 0.715. The van der Waals surface area contributed by atoms with Gasteiger partial charge in [-0.25, -0.2) is 4.98 Å². The van der Waals surface area contributed by atoms with Crippen LogP contribution in [0.15, 0.2) is 60.1 Å². The van der Waals surface area contributed by atoms with Gasteiger partial charge in [0.15, 0.2) is 5.13 Å². The molecule has 1 heterocycles. The summed E-state index contributed by atoms with van der Waals surface area (Å²) in [6.07, 6.45) is 2.62. The summed E-state index contributed by atoms with van der Waals surface area (Å²) in [6.45, 7) is 2.07. The average Bonchev–Trinajstić information content (AvgIpc) is 3.08. The van der Waals surface area contributed by atoms with Gasteiger partial charge in [-0.2, -0.15) is 0 Å². The lowest BCUT2D eigenvalue weighted by molar-refractivity contribution is 0.102. The van der Waals surface area contributed by atoms with Crippen molar-refractivity contribution in [1.82, 2.24) is 4.98 Å². The number of hydrogen-bond acceptors (Lipinski definition) is 4. The van der Waals surface area contributed by atoms with Gasteiger partial charge in [-0.3, -0.25) is 4.79 Å². The maximum absolute atomic E-state index is 12.5. The second-order valence-electron chi connectivity index (χ2n) is 5.01. The first-order valence-electron chi connectivity index (χ1n) is 7.42. The maximum Gasteiger partial charge on any atom is 0.255 e. The van der Waals surface area contributed by atoms with E-state index in [1.54, 1.807) is 12.3 Å². The molecule has 23 heavy (non-hydrogen) atoms.